The Hall–Kier alpha value is -0.517. The third kappa shape index (κ3) is 574. The third-order valence-corrected chi connectivity index (χ3v) is 0.341. The number of ether oxygens (including phenoxy) is 1. The Labute approximate surface area is 95.6 Å². The zero-order valence-electron chi connectivity index (χ0n) is 8.77. The van der Waals surface area contributed by atoms with Gasteiger partial charge in [0.1, 0.15) is 0 Å². The molecule has 0 aromatic rings. The molecule has 1 unspecified atom stereocenters. The first kappa shape index (κ1) is 23.4. The zero-order chi connectivity index (χ0) is 11.4. The summed E-state index contributed by atoms with van der Waals surface area (Å²) in [5.41, 5.74) is 0. The molecule has 0 fully saturated rings. The van der Waals surface area contributed by atoms with Crippen LogP contribution in [0.15, 0.2) is 0 Å². The van der Waals surface area contributed by atoms with Crippen LogP contribution in [0.25, 0.3) is 0 Å². The minimum atomic E-state index is -1.08. The number of carbonyl (C=O) groups is 2. The topological polar surface area (TPSA) is 110 Å². The van der Waals surface area contributed by atoms with Gasteiger partial charge < -0.3 is 29.6 Å². The molecule has 0 radical (unpaired) electrons. The van der Waals surface area contributed by atoms with Crippen LogP contribution >= 0.6 is 0 Å². The number of methoxy groups -OCH3 is 1. The van der Waals surface area contributed by atoms with E-state index in [4.69, 9.17) is 24.9 Å². The molecule has 0 heterocycles. The zero-order valence-corrected chi connectivity index (χ0v) is 11.7. The van der Waals surface area contributed by atoms with Crippen LogP contribution in [0.4, 0.5) is 0 Å². The second-order valence-corrected chi connectivity index (χ2v) is 1.82. The fourth-order valence-electron chi connectivity index (χ4n) is 0. The van der Waals surface area contributed by atoms with E-state index >= 15 is 0 Å². The third-order valence-electron chi connectivity index (χ3n) is 0.341. The fraction of sp³-hybridized carbons (Fsp3) is 0.714. The normalized spacial score (nSPS) is 8.93. The fourth-order valence-corrected chi connectivity index (χ4v) is 0. The summed E-state index contributed by atoms with van der Waals surface area (Å²) >= 11 is 0. The van der Waals surface area contributed by atoms with Crippen molar-refractivity contribution in [3.63, 3.8) is 0 Å². The molecule has 0 aromatic heterocycles. The maximum atomic E-state index is 8.89. The van der Waals surface area contributed by atoms with E-state index < -0.39 is 18.2 Å². The van der Waals surface area contributed by atoms with E-state index in [1.165, 1.54) is 7.11 Å². The molecule has 0 saturated carbocycles. The Bertz CT molecular complexity index is 116. The molecule has 0 amide bonds. The maximum absolute atomic E-state index is 8.89. The quantitative estimate of drug-likeness (QED) is 0.411. The van der Waals surface area contributed by atoms with E-state index in [0.717, 1.165) is 13.8 Å². The van der Waals surface area contributed by atoms with Crippen LogP contribution in [-0.4, -0.2) is 30.4 Å². The molecule has 0 bridgehead atoms. The number of rotatable bonds is 1. The standard InChI is InChI=1S/C3H8O2.2C2H4O2.Zn/c1-3(4)5-2;2*1-2(3)4;/h3-4H,1-2H3;2*1H3,(H,3,4);/q;;;+2/p-2. The molecule has 0 aliphatic carbocycles. The first-order valence-electron chi connectivity index (χ1n) is 3.30. The van der Waals surface area contributed by atoms with Crippen LogP contribution < -0.4 is 10.2 Å². The molecule has 1 N–H and O–H groups in total. The van der Waals surface area contributed by atoms with Crippen LogP contribution in [-0.2, 0) is 33.8 Å². The van der Waals surface area contributed by atoms with Gasteiger partial charge in [-0.1, -0.05) is 0 Å². The van der Waals surface area contributed by atoms with E-state index in [2.05, 4.69) is 4.74 Å². The van der Waals surface area contributed by atoms with Crippen molar-refractivity contribution in [2.45, 2.75) is 27.1 Å². The first-order chi connectivity index (χ1) is 5.73. The summed E-state index contributed by atoms with van der Waals surface area (Å²) in [4.78, 5) is 17.8. The van der Waals surface area contributed by atoms with Crippen molar-refractivity contribution in [3.8, 4) is 0 Å². The Morgan fingerprint density at radius 1 is 1.21 bits per heavy atom. The number of aliphatic hydroxyl groups excluding tert-OH is 1. The summed E-state index contributed by atoms with van der Waals surface area (Å²) in [5.74, 6) is -2.17. The molecule has 0 rings (SSSR count). The van der Waals surface area contributed by atoms with Crippen molar-refractivity contribution >= 4 is 11.9 Å². The van der Waals surface area contributed by atoms with E-state index in [1.807, 2.05) is 0 Å². The number of carboxylic acids is 2. The predicted octanol–water partition coefficient (Wildman–Crippen LogP) is -2.52. The van der Waals surface area contributed by atoms with Crippen molar-refractivity contribution < 1.29 is 49.1 Å². The number of hydrogen-bond donors (Lipinski definition) is 1. The molecule has 0 aromatic carbocycles. The number of aliphatic hydroxyl groups is 1. The summed E-state index contributed by atoms with van der Waals surface area (Å²) in [6.07, 6.45) is -0.616. The van der Waals surface area contributed by atoms with E-state index in [-0.39, 0.29) is 19.5 Å². The van der Waals surface area contributed by atoms with Crippen molar-refractivity contribution in [1.82, 2.24) is 0 Å². The molecule has 0 aliphatic heterocycles. The molecule has 14 heavy (non-hydrogen) atoms. The molecule has 0 spiro atoms. The van der Waals surface area contributed by atoms with Gasteiger partial charge in [-0.25, -0.2) is 0 Å². The monoisotopic (exact) mass is 258 g/mol. The summed E-state index contributed by atoms with van der Waals surface area (Å²) in [5, 5.41) is 25.9. The number of carbonyl (C=O) groups excluding carboxylic acids is 2. The second-order valence-electron chi connectivity index (χ2n) is 1.82. The van der Waals surface area contributed by atoms with Crippen LogP contribution in [0, 0.1) is 0 Å². The molecule has 0 aliphatic rings. The van der Waals surface area contributed by atoms with E-state index in [1.54, 1.807) is 6.92 Å². The maximum Gasteiger partial charge on any atom is 2.00 e. The van der Waals surface area contributed by atoms with Crippen LogP contribution in [0.3, 0.4) is 0 Å². The van der Waals surface area contributed by atoms with Crippen LogP contribution in [0.5, 0.6) is 0 Å². The van der Waals surface area contributed by atoms with Gasteiger partial charge in [-0.05, 0) is 20.8 Å². The average molecular weight is 260 g/mol. The van der Waals surface area contributed by atoms with Gasteiger partial charge >= 0.3 is 19.5 Å². The van der Waals surface area contributed by atoms with Crippen molar-refractivity contribution in [2.75, 3.05) is 7.11 Å². The smallest absolute Gasteiger partial charge is 0.550 e. The van der Waals surface area contributed by atoms with Crippen molar-refractivity contribution in [3.05, 3.63) is 0 Å². The average Bonchev–Trinajstić information content (AvgIpc) is 1.84. The molecule has 6 nitrogen and oxygen atoms in total. The van der Waals surface area contributed by atoms with Crippen molar-refractivity contribution in [1.29, 1.82) is 0 Å². The van der Waals surface area contributed by atoms with Crippen LogP contribution in [0.1, 0.15) is 20.8 Å². The van der Waals surface area contributed by atoms with Gasteiger partial charge in [-0.15, -0.1) is 0 Å². The minimum Gasteiger partial charge on any atom is -0.550 e. The molecule has 80 valence electrons. The Balaban J connectivity index is -0.0000000522. The van der Waals surface area contributed by atoms with Crippen molar-refractivity contribution in [2.24, 2.45) is 0 Å². The summed E-state index contributed by atoms with van der Waals surface area (Å²) in [7, 11) is 1.45. The van der Waals surface area contributed by atoms with E-state index in [9.17, 15) is 0 Å². The number of carboxylic acid groups (broad SMARTS) is 2. The van der Waals surface area contributed by atoms with Gasteiger partial charge in [-0.3, -0.25) is 0 Å². The second kappa shape index (κ2) is 18.3. The van der Waals surface area contributed by atoms with Gasteiger partial charge in [0, 0.05) is 19.0 Å². The van der Waals surface area contributed by atoms with Gasteiger partial charge in [-0.2, -0.15) is 0 Å². The van der Waals surface area contributed by atoms with E-state index in [0.29, 0.717) is 0 Å². The summed E-state index contributed by atoms with van der Waals surface area (Å²) in [6.45, 7) is 3.50. The molecule has 7 heteroatoms. The van der Waals surface area contributed by atoms with Gasteiger partial charge in [0.25, 0.3) is 0 Å². The first-order valence-corrected chi connectivity index (χ1v) is 3.30. The van der Waals surface area contributed by atoms with Crippen LogP contribution in [0.2, 0.25) is 0 Å². The number of aliphatic carboxylic acids is 2. The largest absolute Gasteiger partial charge is 2.00 e. The summed E-state index contributed by atoms with van der Waals surface area (Å²) in [6, 6.07) is 0. The molecule has 1 atom stereocenters. The predicted molar refractivity (Wildman–Crippen MR) is 40.1 cm³/mol. The Kier molecular flexibility index (Phi) is 30.5. The Morgan fingerprint density at radius 2 is 1.29 bits per heavy atom. The van der Waals surface area contributed by atoms with Gasteiger partial charge in [0.15, 0.2) is 6.29 Å². The summed E-state index contributed by atoms with van der Waals surface area (Å²) < 4.78 is 4.31. The van der Waals surface area contributed by atoms with Gasteiger partial charge in [0.2, 0.25) is 0 Å². The molecule has 0 saturated heterocycles. The SMILES string of the molecule is CC(=O)[O-].CC(=O)[O-].COC(C)O.[Zn+2]. The Morgan fingerprint density at radius 3 is 1.29 bits per heavy atom. The number of hydrogen-bond acceptors (Lipinski definition) is 6. The molecular weight excluding hydrogens is 245 g/mol. The minimum absolute atomic E-state index is 0. The van der Waals surface area contributed by atoms with Gasteiger partial charge in [0.05, 0.1) is 0 Å². The molecular formula is C7H14O6Zn.